The Hall–Kier alpha value is -2.42. The van der Waals surface area contributed by atoms with Gasteiger partial charge in [-0.1, -0.05) is 30.3 Å². The number of aromatic nitrogens is 2. The SMILES string of the molecule is Cc1cc2ncn(/N=C\c3ccccc3)c2cc1C. The van der Waals surface area contributed by atoms with Gasteiger partial charge in [0.05, 0.1) is 17.2 Å². The van der Waals surface area contributed by atoms with Crippen molar-refractivity contribution in [2.24, 2.45) is 5.10 Å². The van der Waals surface area contributed by atoms with Gasteiger partial charge in [0.1, 0.15) is 6.33 Å². The van der Waals surface area contributed by atoms with Gasteiger partial charge in [-0.3, -0.25) is 0 Å². The Bertz CT molecular complexity index is 739. The van der Waals surface area contributed by atoms with Crippen molar-refractivity contribution in [2.75, 3.05) is 0 Å². The van der Waals surface area contributed by atoms with Gasteiger partial charge in [-0.25, -0.2) is 9.66 Å². The Morgan fingerprint density at radius 3 is 2.58 bits per heavy atom. The van der Waals surface area contributed by atoms with E-state index in [4.69, 9.17) is 0 Å². The van der Waals surface area contributed by atoms with Gasteiger partial charge in [0.15, 0.2) is 0 Å². The molecule has 0 radical (unpaired) electrons. The molecule has 0 amide bonds. The van der Waals surface area contributed by atoms with Crippen molar-refractivity contribution in [3.05, 3.63) is 65.5 Å². The molecule has 0 aliphatic carbocycles. The van der Waals surface area contributed by atoms with Crippen molar-refractivity contribution in [1.82, 2.24) is 9.66 Å². The Kier molecular flexibility index (Phi) is 2.88. The Balaban J connectivity index is 2.02. The fourth-order valence-corrected chi connectivity index (χ4v) is 2.01. The molecule has 19 heavy (non-hydrogen) atoms. The number of rotatable bonds is 2. The zero-order valence-electron chi connectivity index (χ0n) is 11.0. The van der Waals surface area contributed by atoms with Crippen molar-refractivity contribution in [2.45, 2.75) is 13.8 Å². The molecule has 3 aromatic rings. The molecule has 0 atom stereocenters. The van der Waals surface area contributed by atoms with Gasteiger partial charge < -0.3 is 0 Å². The number of imidazole rings is 1. The molecule has 1 heterocycles. The molecule has 3 heteroatoms. The zero-order chi connectivity index (χ0) is 13.2. The quantitative estimate of drug-likeness (QED) is 0.639. The maximum atomic E-state index is 4.46. The number of nitrogens with zero attached hydrogens (tertiary/aromatic N) is 3. The minimum absolute atomic E-state index is 0.980. The van der Waals surface area contributed by atoms with Gasteiger partial charge in [-0.15, -0.1) is 0 Å². The smallest absolute Gasteiger partial charge is 0.118 e. The average Bonchev–Trinajstić information content (AvgIpc) is 2.80. The van der Waals surface area contributed by atoms with Gasteiger partial charge in [0.2, 0.25) is 0 Å². The molecule has 0 aliphatic rings. The van der Waals surface area contributed by atoms with Crippen LogP contribution >= 0.6 is 0 Å². The largest absolute Gasteiger partial charge is 0.235 e. The highest BCUT2D eigenvalue weighted by Gasteiger charge is 2.03. The molecule has 94 valence electrons. The molecule has 3 rings (SSSR count). The lowest BCUT2D eigenvalue weighted by Gasteiger charge is -2.01. The van der Waals surface area contributed by atoms with Crippen LogP contribution in [0, 0.1) is 13.8 Å². The third-order valence-corrected chi connectivity index (χ3v) is 3.27. The van der Waals surface area contributed by atoms with Crippen molar-refractivity contribution in [3.63, 3.8) is 0 Å². The van der Waals surface area contributed by atoms with E-state index in [0.29, 0.717) is 0 Å². The van der Waals surface area contributed by atoms with Crippen LogP contribution in [0.25, 0.3) is 11.0 Å². The molecule has 3 nitrogen and oxygen atoms in total. The van der Waals surface area contributed by atoms with Crippen molar-refractivity contribution in [3.8, 4) is 0 Å². The molecule has 0 spiro atoms. The Morgan fingerprint density at radius 2 is 1.79 bits per heavy atom. The van der Waals surface area contributed by atoms with E-state index < -0.39 is 0 Å². The summed E-state index contributed by atoms with van der Waals surface area (Å²) in [5.41, 5.74) is 5.60. The molecular formula is C16H15N3. The van der Waals surface area contributed by atoms with E-state index in [1.54, 1.807) is 6.33 Å². The minimum atomic E-state index is 0.980. The molecular weight excluding hydrogens is 234 g/mol. The third kappa shape index (κ3) is 2.27. The van der Waals surface area contributed by atoms with E-state index in [0.717, 1.165) is 16.6 Å². The highest BCUT2D eigenvalue weighted by Crippen LogP contribution is 2.18. The predicted octanol–water partition coefficient (Wildman–Crippen LogP) is 3.54. The highest BCUT2D eigenvalue weighted by molar-refractivity contribution is 5.81. The third-order valence-electron chi connectivity index (χ3n) is 3.27. The molecule has 0 aliphatic heterocycles. The van der Waals surface area contributed by atoms with Gasteiger partial charge in [0.25, 0.3) is 0 Å². The first-order valence-corrected chi connectivity index (χ1v) is 6.28. The van der Waals surface area contributed by atoms with Crippen LogP contribution in [0.15, 0.2) is 53.9 Å². The summed E-state index contributed by atoms with van der Waals surface area (Å²) in [6, 6.07) is 14.3. The molecule has 0 unspecified atom stereocenters. The highest BCUT2D eigenvalue weighted by atomic mass is 15.4. The van der Waals surface area contributed by atoms with Gasteiger partial charge in [-0.2, -0.15) is 5.10 Å². The maximum Gasteiger partial charge on any atom is 0.118 e. The summed E-state index contributed by atoms with van der Waals surface area (Å²) in [6.07, 6.45) is 3.60. The second kappa shape index (κ2) is 4.69. The van der Waals surface area contributed by atoms with Crippen LogP contribution in [0.4, 0.5) is 0 Å². The first-order valence-electron chi connectivity index (χ1n) is 6.28. The van der Waals surface area contributed by atoms with Crippen molar-refractivity contribution >= 4 is 17.2 Å². The topological polar surface area (TPSA) is 30.2 Å². The molecule has 0 bridgehead atoms. The Labute approximate surface area is 112 Å². The molecule has 1 aromatic heterocycles. The standard InChI is InChI=1S/C16H15N3/c1-12-8-15-16(9-13(12)2)19(11-17-15)18-10-14-6-4-3-5-7-14/h3-11H,1-2H3/b18-10-. The lowest BCUT2D eigenvalue weighted by Crippen LogP contribution is -1.90. The van der Waals surface area contributed by atoms with Crippen LogP contribution in [0.3, 0.4) is 0 Å². The summed E-state index contributed by atoms with van der Waals surface area (Å²) in [4.78, 5) is 4.38. The second-order valence-corrected chi connectivity index (χ2v) is 4.67. The molecule has 0 fully saturated rings. The van der Waals surface area contributed by atoms with E-state index in [1.165, 1.54) is 11.1 Å². The van der Waals surface area contributed by atoms with E-state index in [2.05, 4.69) is 36.1 Å². The minimum Gasteiger partial charge on any atom is -0.235 e. The number of benzene rings is 2. The molecule has 0 N–H and O–H groups in total. The summed E-state index contributed by atoms with van der Waals surface area (Å²) < 4.78 is 1.81. The molecule has 0 saturated carbocycles. The summed E-state index contributed by atoms with van der Waals surface area (Å²) >= 11 is 0. The monoisotopic (exact) mass is 249 g/mol. The van der Waals surface area contributed by atoms with Gasteiger partial charge in [-0.05, 0) is 42.7 Å². The van der Waals surface area contributed by atoms with Crippen LogP contribution in [0.5, 0.6) is 0 Å². The van der Waals surface area contributed by atoms with Crippen LogP contribution in [0.2, 0.25) is 0 Å². The maximum absolute atomic E-state index is 4.46. The second-order valence-electron chi connectivity index (χ2n) is 4.67. The summed E-state index contributed by atoms with van der Waals surface area (Å²) in [6.45, 7) is 4.20. The first-order chi connectivity index (χ1) is 9.24. The normalized spacial score (nSPS) is 11.5. The van der Waals surface area contributed by atoms with Crippen LogP contribution in [0.1, 0.15) is 16.7 Å². The fourth-order valence-electron chi connectivity index (χ4n) is 2.01. The lowest BCUT2D eigenvalue weighted by atomic mass is 10.1. The summed E-state index contributed by atoms with van der Waals surface area (Å²) in [7, 11) is 0. The average molecular weight is 249 g/mol. The van der Waals surface area contributed by atoms with Gasteiger partial charge in [0, 0.05) is 0 Å². The lowest BCUT2D eigenvalue weighted by molar-refractivity contribution is 0.914. The number of aryl methyl sites for hydroxylation is 2. The summed E-state index contributed by atoms with van der Waals surface area (Å²) in [5.74, 6) is 0. The fraction of sp³-hybridized carbons (Fsp3) is 0.125. The Morgan fingerprint density at radius 1 is 1.05 bits per heavy atom. The van der Waals surface area contributed by atoms with E-state index in [9.17, 15) is 0 Å². The number of fused-ring (bicyclic) bond motifs is 1. The summed E-state index contributed by atoms with van der Waals surface area (Å²) in [5, 5.41) is 4.46. The van der Waals surface area contributed by atoms with Crippen molar-refractivity contribution < 1.29 is 0 Å². The number of hydrogen-bond acceptors (Lipinski definition) is 2. The number of hydrogen-bond donors (Lipinski definition) is 0. The van der Waals surface area contributed by atoms with Gasteiger partial charge >= 0.3 is 0 Å². The van der Waals surface area contributed by atoms with Crippen LogP contribution in [-0.2, 0) is 0 Å². The van der Waals surface area contributed by atoms with E-state index in [-0.39, 0.29) is 0 Å². The molecule has 2 aromatic carbocycles. The molecule has 0 saturated heterocycles. The van der Waals surface area contributed by atoms with Crippen molar-refractivity contribution in [1.29, 1.82) is 0 Å². The zero-order valence-corrected chi connectivity index (χ0v) is 11.0. The van der Waals surface area contributed by atoms with E-state index in [1.807, 2.05) is 41.2 Å². The van der Waals surface area contributed by atoms with Crippen LogP contribution < -0.4 is 0 Å². The predicted molar refractivity (Wildman–Crippen MR) is 78.6 cm³/mol. The van der Waals surface area contributed by atoms with Crippen LogP contribution in [-0.4, -0.2) is 15.9 Å². The van der Waals surface area contributed by atoms with E-state index >= 15 is 0 Å². The first kappa shape index (κ1) is 11.7.